The van der Waals surface area contributed by atoms with Gasteiger partial charge in [0.25, 0.3) is 0 Å². The summed E-state index contributed by atoms with van der Waals surface area (Å²) in [5, 5.41) is 4.97. The summed E-state index contributed by atoms with van der Waals surface area (Å²) in [5.74, 6) is 1.49. The van der Waals surface area contributed by atoms with Crippen molar-refractivity contribution in [3.05, 3.63) is 70.4 Å². The van der Waals surface area contributed by atoms with Gasteiger partial charge in [0.2, 0.25) is 5.13 Å². The number of benzene rings is 2. The number of rotatable bonds is 4. The van der Waals surface area contributed by atoms with Crippen LogP contribution >= 0.6 is 27.3 Å². The van der Waals surface area contributed by atoms with Gasteiger partial charge in [0.05, 0.1) is 16.4 Å². The number of para-hydroxylation sites is 1. The first-order valence-electron chi connectivity index (χ1n) is 7.70. The SMILES string of the molecule is Cc1ccc(-c2ccc(C=NNc3nc4ccccc4s3)o2)cc1Br. The average molecular weight is 412 g/mol. The minimum atomic E-state index is 0.681. The van der Waals surface area contributed by atoms with Crippen molar-refractivity contribution >= 4 is 48.8 Å². The summed E-state index contributed by atoms with van der Waals surface area (Å²) >= 11 is 5.11. The Hall–Kier alpha value is -2.44. The van der Waals surface area contributed by atoms with Gasteiger partial charge in [-0.2, -0.15) is 5.10 Å². The number of hydrazone groups is 1. The lowest BCUT2D eigenvalue weighted by molar-refractivity contribution is 0.575. The molecule has 25 heavy (non-hydrogen) atoms. The molecule has 0 fully saturated rings. The van der Waals surface area contributed by atoms with Gasteiger partial charge < -0.3 is 4.42 Å². The zero-order chi connectivity index (χ0) is 17.2. The van der Waals surface area contributed by atoms with Crippen LogP contribution in [-0.4, -0.2) is 11.2 Å². The zero-order valence-electron chi connectivity index (χ0n) is 13.4. The summed E-state index contributed by atoms with van der Waals surface area (Å²) in [6.45, 7) is 2.06. The van der Waals surface area contributed by atoms with Crippen LogP contribution in [0.25, 0.3) is 21.5 Å². The molecule has 124 valence electrons. The maximum atomic E-state index is 5.83. The summed E-state index contributed by atoms with van der Waals surface area (Å²) in [6, 6.07) is 18.0. The summed E-state index contributed by atoms with van der Waals surface area (Å²) in [5.41, 5.74) is 6.14. The smallest absolute Gasteiger partial charge is 0.204 e. The summed E-state index contributed by atoms with van der Waals surface area (Å²) in [6.07, 6.45) is 1.65. The molecule has 0 amide bonds. The largest absolute Gasteiger partial charge is 0.455 e. The highest BCUT2D eigenvalue weighted by atomic mass is 79.9. The van der Waals surface area contributed by atoms with Crippen LogP contribution in [-0.2, 0) is 0 Å². The maximum absolute atomic E-state index is 5.83. The molecule has 4 nitrogen and oxygen atoms in total. The standard InChI is InChI=1S/C19H14BrN3OS/c1-12-6-7-13(10-15(12)20)17-9-8-14(24-17)11-21-23-19-22-16-4-2-3-5-18(16)25-19/h2-11H,1H3,(H,22,23). The van der Waals surface area contributed by atoms with E-state index in [0.717, 1.165) is 31.1 Å². The van der Waals surface area contributed by atoms with Gasteiger partial charge in [-0.25, -0.2) is 4.98 Å². The fraction of sp³-hybridized carbons (Fsp3) is 0.0526. The van der Waals surface area contributed by atoms with Gasteiger partial charge in [-0.05, 0) is 42.8 Å². The number of thiazole rings is 1. The van der Waals surface area contributed by atoms with E-state index in [0.29, 0.717) is 5.76 Å². The molecule has 1 N–H and O–H groups in total. The predicted octanol–water partition coefficient (Wildman–Crippen LogP) is 6.07. The molecule has 0 aliphatic rings. The molecule has 6 heteroatoms. The van der Waals surface area contributed by atoms with Crippen molar-refractivity contribution in [1.82, 2.24) is 4.98 Å². The second-order valence-corrected chi connectivity index (χ2v) is 7.41. The van der Waals surface area contributed by atoms with Crippen molar-refractivity contribution in [2.75, 3.05) is 5.43 Å². The molecule has 2 aromatic heterocycles. The highest BCUT2D eigenvalue weighted by molar-refractivity contribution is 9.10. The van der Waals surface area contributed by atoms with E-state index in [4.69, 9.17) is 4.42 Å². The molecule has 0 aliphatic carbocycles. The first-order chi connectivity index (χ1) is 12.2. The number of nitrogens with zero attached hydrogens (tertiary/aromatic N) is 2. The van der Waals surface area contributed by atoms with Crippen LogP contribution in [0, 0.1) is 6.92 Å². The van der Waals surface area contributed by atoms with Gasteiger partial charge in [-0.3, -0.25) is 5.43 Å². The topological polar surface area (TPSA) is 50.4 Å². The van der Waals surface area contributed by atoms with Crippen molar-refractivity contribution in [1.29, 1.82) is 0 Å². The van der Waals surface area contributed by atoms with E-state index in [-0.39, 0.29) is 0 Å². The second kappa shape index (κ2) is 6.82. The third kappa shape index (κ3) is 3.50. The average Bonchev–Trinajstić information content (AvgIpc) is 3.24. The van der Waals surface area contributed by atoms with E-state index < -0.39 is 0 Å². The maximum Gasteiger partial charge on any atom is 0.204 e. The van der Waals surface area contributed by atoms with Crippen molar-refractivity contribution in [3.63, 3.8) is 0 Å². The van der Waals surface area contributed by atoms with E-state index in [1.807, 2.05) is 42.5 Å². The van der Waals surface area contributed by atoms with Crippen LogP contribution in [0.4, 0.5) is 5.13 Å². The number of anilines is 1. The quantitative estimate of drug-likeness (QED) is 0.327. The highest BCUT2D eigenvalue weighted by Gasteiger charge is 2.06. The second-order valence-electron chi connectivity index (χ2n) is 5.52. The number of hydrogen-bond donors (Lipinski definition) is 1. The molecular weight excluding hydrogens is 398 g/mol. The first-order valence-corrected chi connectivity index (χ1v) is 9.31. The molecule has 0 saturated heterocycles. The third-order valence-electron chi connectivity index (χ3n) is 3.73. The number of aromatic nitrogens is 1. The molecule has 4 rings (SSSR count). The molecule has 0 saturated carbocycles. The number of nitrogens with one attached hydrogen (secondary N) is 1. The molecule has 0 aliphatic heterocycles. The molecule has 4 aromatic rings. The lowest BCUT2D eigenvalue weighted by Crippen LogP contribution is -1.88. The van der Waals surface area contributed by atoms with E-state index in [2.05, 4.69) is 50.5 Å². The minimum Gasteiger partial charge on any atom is -0.455 e. The number of halogens is 1. The monoisotopic (exact) mass is 411 g/mol. The Morgan fingerprint density at radius 1 is 1.16 bits per heavy atom. The first kappa shape index (κ1) is 16.1. The van der Waals surface area contributed by atoms with Gasteiger partial charge in [-0.15, -0.1) is 0 Å². The fourth-order valence-electron chi connectivity index (χ4n) is 2.39. The zero-order valence-corrected chi connectivity index (χ0v) is 15.8. The van der Waals surface area contributed by atoms with Gasteiger partial charge in [-0.1, -0.05) is 51.5 Å². The summed E-state index contributed by atoms with van der Waals surface area (Å²) in [7, 11) is 0. The summed E-state index contributed by atoms with van der Waals surface area (Å²) < 4.78 is 8.03. The van der Waals surface area contributed by atoms with Crippen molar-refractivity contribution in [3.8, 4) is 11.3 Å². The van der Waals surface area contributed by atoms with Crippen LogP contribution in [0.5, 0.6) is 0 Å². The van der Waals surface area contributed by atoms with Crippen LogP contribution in [0.1, 0.15) is 11.3 Å². The molecule has 2 aromatic carbocycles. The Bertz CT molecular complexity index is 1030. The number of fused-ring (bicyclic) bond motifs is 1. The van der Waals surface area contributed by atoms with Crippen LogP contribution in [0.2, 0.25) is 0 Å². The molecule has 0 spiro atoms. The highest BCUT2D eigenvalue weighted by Crippen LogP contribution is 2.27. The Morgan fingerprint density at radius 3 is 2.88 bits per heavy atom. The molecule has 0 unspecified atom stereocenters. The van der Waals surface area contributed by atoms with Crippen molar-refractivity contribution < 1.29 is 4.42 Å². The molecule has 0 atom stereocenters. The van der Waals surface area contributed by atoms with Crippen molar-refractivity contribution in [2.45, 2.75) is 6.92 Å². The van der Waals surface area contributed by atoms with Crippen LogP contribution in [0.3, 0.4) is 0 Å². The van der Waals surface area contributed by atoms with Crippen LogP contribution < -0.4 is 5.43 Å². The van der Waals surface area contributed by atoms with Crippen molar-refractivity contribution in [2.24, 2.45) is 5.10 Å². The Labute approximate surface area is 157 Å². The van der Waals surface area contributed by atoms with Gasteiger partial charge in [0.15, 0.2) is 0 Å². The predicted molar refractivity (Wildman–Crippen MR) is 107 cm³/mol. The molecular formula is C19H14BrN3OS. The van der Waals surface area contributed by atoms with E-state index in [1.165, 1.54) is 5.56 Å². The molecule has 0 radical (unpaired) electrons. The third-order valence-corrected chi connectivity index (χ3v) is 5.52. The summed E-state index contributed by atoms with van der Waals surface area (Å²) in [4.78, 5) is 4.47. The minimum absolute atomic E-state index is 0.681. The van der Waals surface area contributed by atoms with E-state index in [1.54, 1.807) is 17.6 Å². The fourth-order valence-corrected chi connectivity index (χ4v) is 3.59. The Morgan fingerprint density at radius 2 is 2.04 bits per heavy atom. The lowest BCUT2D eigenvalue weighted by atomic mass is 10.1. The van der Waals surface area contributed by atoms with Gasteiger partial charge >= 0.3 is 0 Å². The normalized spacial score (nSPS) is 11.4. The van der Waals surface area contributed by atoms with E-state index >= 15 is 0 Å². The van der Waals surface area contributed by atoms with Gasteiger partial charge in [0, 0.05) is 10.0 Å². The lowest BCUT2D eigenvalue weighted by Gasteiger charge is -2.01. The van der Waals surface area contributed by atoms with E-state index in [9.17, 15) is 0 Å². The molecule has 2 heterocycles. The Kier molecular flexibility index (Phi) is 4.38. The van der Waals surface area contributed by atoms with Crippen LogP contribution in [0.15, 0.2) is 68.6 Å². The van der Waals surface area contributed by atoms with Gasteiger partial charge in [0.1, 0.15) is 11.5 Å². The molecule has 0 bridgehead atoms. The number of hydrogen-bond acceptors (Lipinski definition) is 5. The number of aryl methyl sites for hydroxylation is 1. The Balaban J connectivity index is 1.48. The number of furan rings is 1.